The molecule has 2 aromatic carbocycles. The first-order valence-corrected chi connectivity index (χ1v) is 11.6. The summed E-state index contributed by atoms with van der Waals surface area (Å²) < 4.78 is 0. The number of imidazole rings is 1. The van der Waals surface area contributed by atoms with Crippen LogP contribution in [0, 0.1) is 0 Å². The molecule has 2 heterocycles. The summed E-state index contributed by atoms with van der Waals surface area (Å²) in [5, 5.41) is 16.0. The number of nitrogens with zero attached hydrogens (tertiary/aromatic N) is 1. The molecule has 0 unspecified atom stereocenters. The lowest BCUT2D eigenvalue weighted by Gasteiger charge is -2.23. The molecule has 0 saturated carbocycles. The molecule has 2 aromatic heterocycles. The normalized spacial score (nSPS) is 13.6. The van der Waals surface area contributed by atoms with Gasteiger partial charge in [-0.15, -0.1) is 0 Å². The van der Waals surface area contributed by atoms with E-state index in [-0.39, 0.29) is 19.3 Å². The number of nitrogens with one attached hydrogen (secondary N) is 4. The van der Waals surface area contributed by atoms with Crippen LogP contribution in [0.2, 0.25) is 0 Å². The van der Waals surface area contributed by atoms with Crippen molar-refractivity contribution in [2.45, 2.75) is 37.4 Å². The van der Waals surface area contributed by atoms with E-state index in [4.69, 9.17) is 5.73 Å². The second-order valence-corrected chi connectivity index (χ2v) is 8.60. The molecule has 10 nitrogen and oxygen atoms in total. The third-order valence-corrected chi connectivity index (χ3v) is 5.96. The van der Waals surface area contributed by atoms with Crippen molar-refractivity contribution in [3.8, 4) is 0 Å². The van der Waals surface area contributed by atoms with Gasteiger partial charge in [0.1, 0.15) is 12.1 Å². The van der Waals surface area contributed by atoms with Gasteiger partial charge in [-0.3, -0.25) is 9.59 Å². The number of aromatic amines is 2. The number of benzene rings is 2. The average molecular weight is 489 g/mol. The molecule has 0 radical (unpaired) electrons. The molecule has 10 heteroatoms. The van der Waals surface area contributed by atoms with Crippen molar-refractivity contribution < 1.29 is 19.5 Å². The molecule has 2 amide bonds. The summed E-state index contributed by atoms with van der Waals surface area (Å²) in [4.78, 5) is 48.1. The van der Waals surface area contributed by atoms with Crippen molar-refractivity contribution in [3.63, 3.8) is 0 Å². The Hall–Kier alpha value is -4.44. The average Bonchev–Trinajstić information content (AvgIpc) is 3.53. The highest BCUT2D eigenvalue weighted by atomic mass is 16.4. The van der Waals surface area contributed by atoms with Crippen LogP contribution >= 0.6 is 0 Å². The van der Waals surface area contributed by atoms with Gasteiger partial charge in [0.2, 0.25) is 11.8 Å². The van der Waals surface area contributed by atoms with E-state index in [9.17, 15) is 19.5 Å². The first-order chi connectivity index (χ1) is 17.4. The number of carboxylic acid groups (broad SMARTS) is 1. The number of hydrogen-bond donors (Lipinski definition) is 6. The maximum absolute atomic E-state index is 13.3. The molecule has 4 rings (SSSR count). The van der Waals surface area contributed by atoms with Crippen LogP contribution in [0.1, 0.15) is 16.8 Å². The molecule has 0 spiro atoms. The minimum absolute atomic E-state index is 0.106. The van der Waals surface area contributed by atoms with Gasteiger partial charge in [0.25, 0.3) is 0 Å². The number of fused-ring (bicyclic) bond motifs is 1. The van der Waals surface area contributed by atoms with Gasteiger partial charge in [0, 0.05) is 48.3 Å². The first kappa shape index (κ1) is 24.7. The quantitative estimate of drug-likeness (QED) is 0.186. The molecule has 3 atom stereocenters. The van der Waals surface area contributed by atoms with Gasteiger partial charge in [0.05, 0.1) is 12.4 Å². The largest absolute Gasteiger partial charge is 0.480 e. The number of H-pyrrole nitrogens is 2. The second kappa shape index (κ2) is 11.3. The van der Waals surface area contributed by atoms with Crippen LogP contribution in [0.15, 0.2) is 73.3 Å². The smallest absolute Gasteiger partial charge is 0.326 e. The topological polar surface area (TPSA) is 166 Å². The molecule has 0 fully saturated rings. The molecular formula is C26H28N6O4. The number of hydrogen-bond acceptors (Lipinski definition) is 5. The Balaban J connectivity index is 1.53. The van der Waals surface area contributed by atoms with Crippen LogP contribution < -0.4 is 16.4 Å². The number of carbonyl (C=O) groups excluding carboxylic acids is 2. The van der Waals surface area contributed by atoms with E-state index in [2.05, 4.69) is 25.6 Å². The van der Waals surface area contributed by atoms with E-state index in [0.29, 0.717) is 5.69 Å². The van der Waals surface area contributed by atoms with Crippen LogP contribution in [0.3, 0.4) is 0 Å². The minimum Gasteiger partial charge on any atom is -0.480 e. The SMILES string of the molecule is N[C@@H](Cc1cnc[nH]1)C(=O)N[C@@H](Cc1c[nH]c2ccccc12)C(=O)N[C@@H](Cc1ccccc1)C(=O)O. The highest BCUT2D eigenvalue weighted by Gasteiger charge is 2.29. The van der Waals surface area contributed by atoms with E-state index in [0.717, 1.165) is 22.0 Å². The number of nitrogens with two attached hydrogens (primary N) is 1. The fourth-order valence-electron chi connectivity index (χ4n) is 4.06. The van der Waals surface area contributed by atoms with Gasteiger partial charge < -0.3 is 31.4 Å². The zero-order valence-corrected chi connectivity index (χ0v) is 19.5. The van der Waals surface area contributed by atoms with Gasteiger partial charge in [-0.05, 0) is 17.2 Å². The van der Waals surface area contributed by atoms with Crippen LogP contribution in [0.25, 0.3) is 10.9 Å². The van der Waals surface area contributed by atoms with Crippen LogP contribution in [-0.2, 0) is 33.6 Å². The summed E-state index contributed by atoms with van der Waals surface area (Å²) >= 11 is 0. The van der Waals surface area contributed by atoms with Gasteiger partial charge >= 0.3 is 5.97 Å². The van der Waals surface area contributed by atoms with Crippen LogP contribution in [0.5, 0.6) is 0 Å². The van der Waals surface area contributed by atoms with Crippen molar-refractivity contribution in [3.05, 3.63) is 90.1 Å². The van der Waals surface area contributed by atoms with Crippen molar-refractivity contribution in [1.82, 2.24) is 25.6 Å². The third kappa shape index (κ3) is 6.16. The molecule has 0 aliphatic rings. The number of carboxylic acids is 1. The Morgan fingerprint density at radius 3 is 2.33 bits per heavy atom. The summed E-state index contributed by atoms with van der Waals surface area (Å²) in [5.41, 5.74) is 9.23. The second-order valence-electron chi connectivity index (χ2n) is 8.60. The van der Waals surface area contributed by atoms with Crippen molar-refractivity contribution in [2.24, 2.45) is 5.73 Å². The number of para-hydroxylation sites is 1. The number of carbonyl (C=O) groups is 3. The fraction of sp³-hybridized carbons (Fsp3) is 0.231. The summed E-state index contributed by atoms with van der Waals surface area (Å²) in [6.07, 6.45) is 5.31. The summed E-state index contributed by atoms with van der Waals surface area (Å²) in [6, 6.07) is 13.5. The standard InChI is InChI=1S/C26H28N6O4/c27-20(12-18-14-28-15-30-18)24(33)31-22(11-17-13-29-21-9-5-4-8-19(17)21)25(34)32-23(26(35)36)10-16-6-2-1-3-7-16/h1-9,13-15,20,22-23,29H,10-12,27H2,(H,28,30)(H,31,33)(H,32,34)(H,35,36)/t20-,22-,23-/m0/s1. The van der Waals surface area contributed by atoms with Crippen molar-refractivity contribution >= 4 is 28.7 Å². The predicted molar refractivity (Wildman–Crippen MR) is 134 cm³/mol. The Kier molecular flexibility index (Phi) is 7.76. The minimum atomic E-state index is -1.17. The van der Waals surface area contributed by atoms with Gasteiger partial charge in [0.15, 0.2) is 0 Å². The van der Waals surface area contributed by atoms with Crippen LogP contribution in [0.4, 0.5) is 0 Å². The summed E-state index contributed by atoms with van der Waals surface area (Å²) in [7, 11) is 0. The highest BCUT2D eigenvalue weighted by Crippen LogP contribution is 2.19. The number of aromatic nitrogens is 3. The fourth-order valence-corrected chi connectivity index (χ4v) is 4.06. The molecule has 4 aromatic rings. The lowest BCUT2D eigenvalue weighted by Crippen LogP contribution is -2.55. The van der Waals surface area contributed by atoms with E-state index in [1.165, 1.54) is 6.33 Å². The molecule has 7 N–H and O–H groups in total. The van der Waals surface area contributed by atoms with Gasteiger partial charge in [-0.1, -0.05) is 48.5 Å². The van der Waals surface area contributed by atoms with Crippen molar-refractivity contribution in [2.75, 3.05) is 0 Å². The lowest BCUT2D eigenvalue weighted by atomic mass is 10.0. The first-order valence-electron chi connectivity index (χ1n) is 11.6. The van der Waals surface area contributed by atoms with Crippen molar-refractivity contribution in [1.29, 1.82) is 0 Å². The maximum atomic E-state index is 13.3. The van der Waals surface area contributed by atoms with E-state index < -0.39 is 35.9 Å². The van der Waals surface area contributed by atoms with E-state index >= 15 is 0 Å². The Morgan fingerprint density at radius 1 is 0.889 bits per heavy atom. The Labute approximate surface area is 207 Å². The molecule has 186 valence electrons. The highest BCUT2D eigenvalue weighted by molar-refractivity contribution is 5.93. The number of rotatable bonds is 11. The zero-order chi connectivity index (χ0) is 25.5. The molecule has 0 aliphatic heterocycles. The van der Waals surface area contributed by atoms with Gasteiger partial charge in [-0.2, -0.15) is 0 Å². The Bertz CT molecular complexity index is 1320. The number of aliphatic carboxylic acids is 1. The molecular weight excluding hydrogens is 460 g/mol. The molecule has 0 aliphatic carbocycles. The lowest BCUT2D eigenvalue weighted by molar-refractivity contribution is -0.142. The predicted octanol–water partition coefficient (Wildman–Crippen LogP) is 1.30. The van der Waals surface area contributed by atoms with E-state index in [1.54, 1.807) is 36.7 Å². The van der Waals surface area contributed by atoms with Crippen LogP contribution in [-0.4, -0.2) is 56.0 Å². The monoisotopic (exact) mass is 488 g/mol. The molecule has 0 saturated heterocycles. The molecule has 36 heavy (non-hydrogen) atoms. The van der Waals surface area contributed by atoms with E-state index in [1.807, 2.05) is 30.3 Å². The Morgan fingerprint density at radius 2 is 1.61 bits per heavy atom. The number of amides is 2. The third-order valence-electron chi connectivity index (χ3n) is 5.96. The summed E-state index contributed by atoms with van der Waals surface area (Å²) in [6.45, 7) is 0. The molecule has 0 bridgehead atoms. The maximum Gasteiger partial charge on any atom is 0.326 e. The summed E-state index contributed by atoms with van der Waals surface area (Å²) in [5.74, 6) is -2.30. The zero-order valence-electron chi connectivity index (χ0n) is 19.5. The van der Waals surface area contributed by atoms with Gasteiger partial charge in [-0.25, -0.2) is 9.78 Å².